The third-order valence-corrected chi connectivity index (χ3v) is 36.5. The number of anilines is 6. The molecule has 0 aliphatic heterocycles. The van der Waals surface area contributed by atoms with E-state index in [2.05, 4.69) is 145 Å². The van der Waals surface area contributed by atoms with Crippen molar-refractivity contribution in [2.75, 3.05) is 74.0 Å². The van der Waals surface area contributed by atoms with Gasteiger partial charge in [0.25, 0.3) is 0 Å². The molecule has 28 heteroatoms. The fourth-order valence-corrected chi connectivity index (χ4v) is 28.7. The number of nitrogens with one attached hydrogen (secondary N) is 5. The number of rotatable bonds is 50. The van der Waals surface area contributed by atoms with Crippen molar-refractivity contribution in [1.29, 1.82) is 0 Å². The van der Waals surface area contributed by atoms with Crippen LogP contribution in [0.1, 0.15) is 266 Å². The Morgan fingerprint density at radius 3 is 1.20 bits per heavy atom. The Labute approximate surface area is 732 Å². The van der Waals surface area contributed by atoms with Crippen LogP contribution in [0.15, 0.2) is 94.6 Å². The van der Waals surface area contributed by atoms with Gasteiger partial charge in [0.1, 0.15) is 62.7 Å². The second kappa shape index (κ2) is 52.7. The number of unbranched alkanes of at least 4 members (excludes halogenated alkanes) is 6. The normalized spacial score (nSPS) is 12.5. The summed E-state index contributed by atoms with van der Waals surface area (Å²) in [6, 6.07) is 16.9. The molecular formula is C91H136BrN15O10SnV. The molecule has 119 heavy (non-hydrogen) atoms. The molecule has 2 aromatic carbocycles. The van der Waals surface area contributed by atoms with Crippen molar-refractivity contribution in [3.05, 3.63) is 117 Å². The summed E-state index contributed by atoms with van der Waals surface area (Å²) in [4.78, 5) is 87.9. The number of fused-ring (bicyclic) bond motifs is 3. The Balaban J connectivity index is 0.000000344. The van der Waals surface area contributed by atoms with E-state index in [1.807, 2.05) is 55.5 Å². The summed E-state index contributed by atoms with van der Waals surface area (Å²) in [5.41, 5.74) is 11.8. The number of pyridine rings is 3. The standard InChI is InChI=1S/C30H41N5O4.C26H34BrN5O3.C19H27N5O2.C4H7O.3C4H9.Sn.V/c1-8-10-14-30(5,15-13-20(3)36)35-28-27-25(16-23(19-31-27)21(4)39-9-2)33-29(34-28)32-18-22-11-12-24(37-6)17-26(22)38-7;1-6-7-11-26(3,12-10-17(2)33)32-24-23-21(13-19(27)16-28-23)30-25(31-24)29-15-18-8-9-20(34-4)14-22(18)35-5;1-5-6-8-19(4,9-7-12(2)25)24-17-16-15(22-18(20)23-17)10-14(11-21-16)13(3)26;1-3-5-4-2;3*1-3-4-2;;/h11-12,16-17,19H,4,8-10,13-15,18H2,1-3,5-7H3,(H2,32,33,34,35);8-9,13-14,16H,6-7,10-12,15H2,1-5H3,(H2,29,30,31,32);10-11H,5-9H2,1-4H3,(H3,20,22,23,24);1,4H2,2H3;3*1,3-4H2,2H3;;/t30-;26-;19-;;;;;;/m111....../s1. The first-order valence-corrected chi connectivity index (χ1v) is 50.5. The van der Waals surface area contributed by atoms with E-state index in [1.54, 1.807) is 67.7 Å². The van der Waals surface area contributed by atoms with Crippen molar-refractivity contribution in [3.63, 3.8) is 0 Å². The van der Waals surface area contributed by atoms with Crippen molar-refractivity contribution in [1.82, 2.24) is 44.9 Å². The van der Waals surface area contributed by atoms with Gasteiger partial charge < -0.3 is 70.4 Å². The molecule has 6 aromatic heterocycles. The number of carbonyl (C=O) groups is 4. The number of ether oxygens (including phenoxy) is 6. The van der Waals surface area contributed by atoms with Gasteiger partial charge in [0, 0.05) is 125 Å². The van der Waals surface area contributed by atoms with Gasteiger partial charge in [0.05, 0.1) is 51.6 Å². The maximum Gasteiger partial charge on any atom is 0.225 e. The second-order valence-corrected chi connectivity index (χ2v) is 45.4. The molecule has 8 rings (SSSR count). The number of methoxy groups -OCH3 is 4. The Morgan fingerprint density at radius 1 is 0.462 bits per heavy atom. The second-order valence-electron chi connectivity index (χ2n) is 31.3. The first kappa shape index (κ1) is 103. The number of nitrogens with zero attached hydrogens (tertiary/aromatic N) is 9. The van der Waals surface area contributed by atoms with Crippen LogP contribution < -0.4 is 51.3 Å². The summed E-state index contributed by atoms with van der Waals surface area (Å²) in [5, 5.41) is 17.4. The van der Waals surface area contributed by atoms with Crippen molar-refractivity contribution in [3.8, 4) is 23.0 Å². The zero-order valence-electron chi connectivity index (χ0n) is 74.7. The van der Waals surface area contributed by atoms with Gasteiger partial charge in [-0.2, -0.15) is 15.0 Å². The zero-order valence-corrected chi connectivity index (χ0v) is 80.5. The van der Waals surface area contributed by atoms with Crippen LogP contribution in [-0.4, -0.2) is 145 Å². The monoisotopic (exact) mass is 1850 g/mol. The molecule has 7 N–H and O–H groups in total. The zero-order chi connectivity index (χ0) is 87.0. The van der Waals surface area contributed by atoms with Crippen LogP contribution in [0.25, 0.3) is 38.9 Å². The minimum absolute atomic E-state index is 0. The number of nitrogens with two attached hydrogens (primary N) is 1. The Hall–Kier alpha value is -8.47. The Morgan fingerprint density at radius 2 is 0.832 bits per heavy atom. The van der Waals surface area contributed by atoms with Crippen molar-refractivity contribution >= 4 is 132 Å². The molecule has 6 heterocycles. The maximum absolute atomic E-state index is 11.8. The molecule has 3 atom stereocenters. The molecule has 0 saturated heterocycles. The van der Waals surface area contributed by atoms with Crippen LogP contribution in [-0.2, 0) is 55.5 Å². The largest absolute Gasteiger partial charge is 0.497 e. The number of carbonyl (C=O) groups excluding carboxylic acids is 4. The quantitative estimate of drug-likeness (QED) is 0.0117. The third kappa shape index (κ3) is 33.8. The van der Waals surface area contributed by atoms with E-state index in [4.69, 9.17) is 59.1 Å². The van der Waals surface area contributed by atoms with Gasteiger partial charge in [-0.15, -0.1) is 0 Å². The molecule has 0 unspecified atom stereocenters. The number of Topliss-reactive ketones (excluding diaryl/α,β-unsaturated/α-hetero) is 4. The minimum Gasteiger partial charge on any atom is -0.497 e. The van der Waals surface area contributed by atoms with Gasteiger partial charge >= 0.3 is 120 Å². The molecule has 0 aliphatic carbocycles. The topological polar surface area (TPSA) is 326 Å². The van der Waals surface area contributed by atoms with Crippen LogP contribution in [0.2, 0.25) is 13.3 Å². The number of halogens is 1. The molecule has 651 valence electrons. The van der Waals surface area contributed by atoms with E-state index in [-0.39, 0.29) is 64.3 Å². The van der Waals surface area contributed by atoms with Gasteiger partial charge in [-0.25, -0.2) is 29.9 Å². The van der Waals surface area contributed by atoms with Crippen LogP contribution in [0.4, 0.5) is 35.3 Å². The first-order chi connectivity index (χ1) is 56.4. The minimum atomic E-state index is -2.24. The van der Waals surface area contributed by atoms with E-state index >= 15 is 0 Å². The Bertz CT molecular complexity index is 4540. The number of benzene rings is 2. The fraction of sp³-hybridized carbons (Fsp3) is 0.549. The molecule has 0 bridgehead atoms. The van der Waals surface area contributed by atoms with Gasteiger partial charge in [-0.3, -0.25) is 4.79 Å². The number of hydrogen-bond acceptors (Lipinski definition) is 25. The SMILES string of the molecule is C=C(OCC)c1cnc2c(N[C@](C)(CCCC)CCC(C)=O)nc(NCc3ccc(OC)cc3OC)nc2c1.C=[C](OCC)[Sn]([CH2]CCC)([CH2]CCC)[CH2]CCC.CCCC[C@](C)(CCC(C)=O)Nc1nc(N)nc2cc(C(C)=O)cnc12.CCCC[C@](C)(CCC(C)=O)Nc1nc(NCc2ccc(OC)cc2OC)nc2cc(Br)cnc12.[V]. The number of ketones is 4. The summed E-state index contributed by atoms with van der Waals surface area (Å²) in [5.74, 6) is 6.64. The summed E-state index contributed by atoms with van der Waals surface area (Å²) >= 11 is 1.25. The van der Waals surface area contributed by atoms with Crippen LogP contribution in [0, 0.1) is 0 Å². The molecule has 1 radical (unpaired) electrons. The number of hydrogen-bond donors (Lipinski definition) is 6. The van der Waals surface area contributed by atoms with E-state index in [0.717, 1.165) is 103 Å². The van der Waals surface area contributed by atoms with Crippen molar-refractivity contribution < 1.29 is 66.2 Å². The predicted octanol–water partition coefficient (Wildman–Crippen LogP) is 22.0. The first-order valence-electron chi connectivity index (χ1n) is 42.2. The molecule has 0 aliphatic rings. The van der Waals surface area contributed by atoms with Gasteiger partial charge in [0.2, 0.25) is 17.8 Å². The van der Waals surface area contributed by atoms with E-state index in [1.165, 1.54) is 68.7 Å². The smallest absolute Gasteiger partial charge is 0.225 e. The summed E-state index contributed by atoms with van der Waals surface area (Å²) in [6.07, 6.45) is 25.7. The van der Waals surface area contributed by atoms with Gasteiger partial charge in [-0.05, 0) is 152 Å². The number of nitrogen functional groups attached to an aromatic ring is 1. The van der Waals surface area contributed by atoms with Gasteiger partial charge in [-0.1, -0.05) is 65.9 Å². The molecule has 0 spiro atoms. The molecule has 0 amide bonds. The van der Waals surface area contributed by atoms with E-state index in [9.17, 15) is 19.2 Å². The fourth-order valence-electron chi connectivity index (χ4n) is 13.7. The summed E-state index contributed by atoms with van der Waals surface area (Å²) < 4.78 is 39.7. The van der Waals surface area contributed by atoms with Crippen LogP contribution in [0.3, 0.4) is 0 Å². The molecule has 8 aromatic rings. The summed E-state index contributed by atoms with van der Waals surface area (Å²) in [7, 11) is 6.51. The summed E-state index contributed by atoms with van der Waals surface area (Å²) in [6.45, 7) is 40.7. The third-order valence-electron chi connectivity index (χ3n) is 21.0. The molecular weight excluding hydrogens is 1710 g/mol. The molecule has 0 fully saturated rings. The average molecular weight is 1850 g/mol. The van der Waals surface area contributed by atoms with E-state index in [0.29, 0.717) is 137 Å². The maximum atomic E-state index is 11.8. The Kier molecular flexibility index (Phi) is 45.5. The average Bonchev–Trinajstić information content (AvgIpc) is 0.794. The predicted molar refractivity (Wildman–Crippen MR) is 489 cm³/mol. The van der Waals surface area contributed by atoms with Crippen molar-refractivity contribution in [2.24, 2.45) is 0 Å². The molecule has 0 saturated carbocycles. The van der Waals surface area contributed by atoms with Gasteiger partial charge in [0.15, 0.2) is 23.2 Å². The number of aromatic nitrogens is 9. The molecule has 25 nitrogen and oxygen atoms in total. The van der Waals surface area contributed by atoms with Crippen LogP contribution in [0.5, 0.6) is 23.0 Å². The van der Waals surface area contributed by atoms with Crippen molar-refractivity contribution in [2.45, 2.75) is 282 Å². The van der Waals surface area contributed by atoms with Crippen LogP contribution >= 0.6 is 15.9 Å². The van der Waals surface area contributed by atoms with E-state index < -0.39 is 18.4 Å².